The molecule has 0 rings (SSSR count). The van der Waals surface area contributed by atoms with Crippen LogP contribution in [0.25, 0.3) is 0 Å². The number of hydrogen-bond donors (Lipinski definition) is 2. The Morgan fingerprint density at radius 1 is 0.944 bits per heavy atom. The molecule has 0 aliphatic carbocycles. The molecule has 0 saturated heterocycles. The van der Waals surface area contributed by atoms with Gasteiger partial charge in [0.2, 0.25) is 0 Å². The Kier molecular flexibility index (Phi) is 9.14. The highest BCUT2D eigenvalue weighted by Crippen LogP contribution is 2.43. The number of hydrogen-bond acceptors (Lipinski definition) is 2. The van der Waals surface area contributed by atoms with Crippen LogP contribution >= 0.6 is 7.82 Å². The summed E-state index contributed by atoms with van der Waals surface area (Å²) >= 11 is 0. The summed E-state index contributed by atoms with van der Waals surface area (Å²) in [4.78, 5) is 18.2. The molecule has 0 aromatic rings. The smallest absolute Gasteiger partial charge is 0.303 e. The zero-order chi connectivity index (χ0) is 14.2. The molecule has 0 saturated carbocycles. The first-order chi connectivity index (χ1) is 8.39. The van der Waals surface area contributed by atoms with E-state index in [2.05, 4.69) is 27.7 Å². The third kappa shape index (κ3) is 6.89. The Labute approximate surface area is 111 Å². The summed E-state index contributed by atoms with van der Waals surface area (Å²) < 4.78 is 16.3. The van der Waals surface area contributed by atoms with Crippen molar-refractivity contribution in [3.05, 3.63) is 0 Å². The molecule has 0 spiro atoms. The number of phosphoric acid groups is 1. The normalized spacial score (nSPS) is 17.4. The lowest BCUT2D eigenvalue weighted by molar-refractivity contribution is 0.0324. The molecule has 0 fully saturated rings. The first-order valence-electron chi connectivity index (χ1n) is 7.13. The van der Waals surface area contributed by atoms with E-state index in [0.717, 1.165) is 38.5 Å². The van der Waals surface area contributed by atoms with Gasteiger partial charge in [0.25, 0.3) is 0 Å². The Balaban J connectivity index is 4.92. The Hall–Kier alpha value is 0.110. The van der Waals surface area contributed by atoms with Gasteiger partial charge in [-0.25, -0.2) is 4.57 Å². The van der Waals surface area contributed by atoms with E-state index >= 15 is 0 Å². The minimum absolute atomic E-state index is 0.235. The standard InChI is InChI=1S/C13H29O4P/c1-5-9-11(7-3)13(17-18(14,15)16)12(8-4)10-6-2/h11-13H,5-10H2,1-4H3,(H2,14,15,16). The lowest BCUT2D eigenvalue weighted by Gasteiger charge is -2.32. The maximum absolute atomic E-state index is 11.2. The van der Waals surface area contributed by atoms with Crippen molar-refractivity contribution in [2.24, 2.45) is 11.8 Å². The predicted molar refractivity (Wildman–Crippen MR) is 74.3 cm³/mol. The third-order valence-electron chi connectivity index (χ3n) is 3.56. The molecule has 0 radical (unpaired) electrons. The molecule has 110 valence electrons. The molecule has 2 unspecified atom stereocenters. The summed E-state index contributed by atoms with van der Waals surface area (Å²) in [5, 5.41) is 0. The van der Waals surface area contributed by atoms with E-state index in [-0.39, 0.29) is 17.9 Å². The SMILES string of the molecule is CCCC(CC)C(OP(=O)(O)O)C(CC)CCC. The molecule has 2 atom stereocenters. The van der Waals surface area contributed by atoms with E-state index in [1.807, 2.05) is 0 Å². The van der Waals surface area contributed by atoms with Crippen LogP contribution in [-0.2, 0) is 9.09 Å². The predicted octanol–water partition coefficient (Wildman–Crippen LogP) is 4.12. The number of rotatable bonds is 10. The van der Waals surface area contributed by atoms with E-state index in [4.69, 9.17) is 14.3 Å². The molecule has 18 heavy (non-hydrogen) atoms. The maximum Gasteiger partial charge on any atom is 0.469 e. The van der Waals surface area contributed by atoms with Gasteiger partial charge >= 0.3 is 7.82 Å². The summed E-state index contributed by atoms with van der Waals surface area (Å²) in [6, 6.07) is 0. The monoisotopic (exact) mass is 280 g/mol. The summed E-state index contributed by atoms with van der Waals surface area (Å²) in [6.07, 6.45) is 5.44. The fraction of sp³-hybridized carbons (Fsp3) is 1.00. The highest BCUT2D eigenvalue weighted by atomic mass is 31.2. The van der Waals surface area contributed by atoms with Crippen LogP contribution in [0.15, 0.2) is 0 Å². The highest BCUT2D eigenvalue weighted by Gasteiger charge is 2.33. The lowest BCUT2D eigenvalue weighted by atomic mass is 9.82. The second-order valence-corrected chi connectivity index (χ2v) is 6.17. The van der Waals surface area contributed by atoms with Gasteiger partial charge in [-0.1, -0.05) is 53.4 Å². The molecule has 0 aliphatic heterocycles. The van der Waals surface area contributed by atoms with Crippen LogP contribution in [-0.4, -0.2) is 15.9 Å². The zero-order valence-corrected chi connectivity index (χ0v) is 13.0. The molecule has 2 N–H and O–H groups in total. The van der Waals surface area contributed by atoms with Gasteiger partial charge in [-0.3, -0.25) is 4.52 Å². The van der Waals surface area contributed by atoms with E-state index in [9.17, 15) is 4.57 Å². The van der Waals surface area contributed by atoms with Crippen molar-refractivity contribution >= 4 is 7.82 Å². The van der Waals surface area contributed by atoms with E-state index in [1.165, 1.54) is 0 Å². The second-order valence-electron chi connectivity index (χ2n) is 4.97. The van der Waals surface area contributed by atoms with Crippen molar-refractivity contribution in [2.45, 2.75) is 72.3 Å². The van der Waals surface area contributed by atoms with Gasteiger partial charge in [0.05, 0.1) is 6.10 Å². The van der Waals surface area contributed by atoms with E-state index in [1.54, 1.807) is 0 Å². The van der Waals surface area contributed by atoms with Crippen molar-refractivity contribution in [1.82, 2.24) is 0 Å². The molecule has 0 amide bonds. The summed E-state index contributed by atoms with van der Waals surface area (Å²) in [6.45, 7) is 8.32. The first kappa shape index (κ1) is 18.1. The Bertz CT molecular complexity index is 237. The zero-order valence-electron chi connectivity index (χ0n) is 12.1. The summed E-state index contributed by atoms with van der Waals surface area (Å²) in [5.74, 6) is 0.471. The van der Waals surface area contributed by atoms with Crippen LogP contribution in [0.5, 0.6) is 0 Å². The van der Waals surface area contributed by atoms with Gasteiger partial charge in [-0.05, 0) is 24.7 Å². The molecule has 5 heteroatoms. The van der Waals surface area contributed by atoms with Gasteiger partial charge < -0.3 is 9.79 Å². The Morgan fingerprint density at radius 3 is 1.56 bits per heavy atom. The van der Waals surface area contributed by atoms with Crippen molar-refractivity contribution in [2.75, 3.05) is 0 Å². The molecule has 4 nitrogen and oxygen atoms in total. The van der Waals surface area contributed by atoms with Crippen molar-refractivity contribution < 1.29 is 18.9 Å². The van der Waals surface area contributed by atoms with Gasteiger partial charge in [-0.2, -0.15) is 0 Å². The average molecular weight is 280 g/mol. The molecule has 0 bridgehead atoms. The average Bonchev–Trinajstić information content (AvgIpc) is 2.29. The molecule has 0 aromatic heterocycles. The maximum atomic E-state index is 11.2. The number of phosphoric ester groups is 1. The van der Waals surface area contributed by atoms with Crippen LogP contribution in [0, 0.1) is 11.8 Å². The van der Waals surface area contributed by atoms with Crippen LogP contribution in [0.4, 0.5) is 0 Å². The molecule has 0 aliphatic rings. The van der Waals surface area contributed by atoms with E-state index in [0.29, 0.717) is 0 Å². The third-order valence-corrected chi connectivity index (χ3v) is 4.07. The molecule has 0 aromatic carbocycles. The van der Waals surface area contributed by atoms with E-state index < -0.39 is 7.82 Å². The summed E-state index contributed by atoms with van der Waals surface area (Å²) in [5.41, 5.74) is 0. The minimum atomic E-state index is -4.40. The molecule has 0 heterocycles. The summed E-state index contributed by atoms with van der Waals surface area (Å²) in [7, 11) is -4.40. The van der Waals surface area contributed by atoms with Crippen molar-refractivity contribution in [3.63, 3.8) is 0 Å². The van der Waals surface area contributed by atoms with Crippen LogP contribution < -0.4 is 0 Å². The van der Waals surface area contributed by atoms with Crippen molar-refractivity contribution in [3.8, 4) is 0 Å². The lowest BCUT2D eigenvalue weighted by Crippen LogP contribution is -2.31. The fourth-order valence-corrected chi connectivity index (χ4v) is 3.32. The quantitative estimate of drug-likeness (QED) is 0.591. The van der Waals surface area contributed by atoms with Crippen LogP contribution in [0.2, 0.25) is 0 Å². The van der Waals surface area contributed by atoms with Gasteiger partial charge in [0.15, 0.2) is 0 Å². The van der Waals surface area contributed by atoms with Crippen LogP contribution in [0.3, 0.4) is 0 Å². The van der Waals surface area contributed by atoms with Crippen LogP contribution in [0.1, 0.15) is 66.2 Å². The molecular formula is C13H29O4P. The second kappa shape index (κ2) is 9.08. The Morgan fingerprint density at radius 2 is 1.33 bits per heavy atom. The topological polar surface area (TPSA) is 66.8 Å². The first-order valence-corrected chi connectivity index (χ1v) is 8.66. The van der Waals surface area contributed by atoms with Gasteiger partial charge in [-0.15, -0.1) is 0 Å². The highest BCUT2D eigenvalue weighted by molar-refractivity contribution is 7.46. The van der Waals surface area contributed by atoms with Gasteiger partial charge in [0.1, 0.15) is 0 Å². The van der Waals surface area contributed by atoms with Crippen molar-refractivity contribution in [1.29, 1.82) is 0 Å². The fourth-order valence-electron chi connectivity index (χ4n) is 2.66. The largest absolute Gasteiger partial charge is 0.469 e. The molecular weight excluding hydrogens is 251 g/mol. The van der Waals surface area contributed by atoms with Gasteiger partial charge in [0, 0.05) is 0 Å². The minimum Gasteiger partial charge on any atom is -0.303 e.